The minimum atomic E-state index is -0.444. The Hall–Kier alpha value is -1.66. The molecule has 0 saturated heterocycles. The van der Waals surface area contributed by atoms with Gasteiger partial charge in [-0.05, 0) is 50.5 Å². The molecular weight excluding hydrogens is 330 g/mol. The van der Waals surface area contributed by atoms with Crippen LogP contribution in [0, 0.1) is 28.9 Å². The maximum atomic E-state index is 12.5. The van der Waals surface area contributed by atoms with Crippen molar-refractivity contribution in [2.24, 2.45) is 17.6 Å². The quantitative estimate of drug-likeness (QED) is 0.644. The second-order valence-electron chi connectivity index (χ2n) is 6.94. The zero-order valence-electron chi connectivity index (χ0n) is 13.7. The summed E-state index contributed by atoms with van der Waals surface area (Å²) in [5, 5.41) is 14.2. The number of amides is 1. The Labute approximate surface area is 147 Å². The van der Waals surface area contributed by atoms with Crippen LogP contribution in [0.3, 0.4) is 0 Å². The molecule has 1 amide bonds. The fourth-order valence-corrected chi connectivity index (χ4v) is 4.21. The van der Waals surface area contributed by atoms with Gasteiger partial charge < -0.3 is 11.1 Å². The molecular formula is C17H24ClN3O3. The highest BCUT2D eigenvalue weighted by Gasteiger charge is 2.40. The second kappa shape index (κ2) is 7.49. The summed E-state index contributed by atoms with van der Waals surface area (Å²) in [5.41, 5.74) is 7.02. The highest BCUT2D eigenvalue weighted by molar-refractivity contribution is 5.95. The number of rotatable bonds is 3. The van der Waals surface area contributed by atoms with Gasteiger partial charge >= 0.3 is 0 Å². The summed E-state index contributed by atoms with van der Waals surface area (Å²) in [6.07, 6.45) is 5.31. The molecule has 2 bridgehead atoms. The van der Waals surface area contributed by atoms with Crippen LogP contribution in [0.5, 0.6) is 0 Å². The average Bonchev–Trinajstić information content (AvgIpc) is 2.48. The molecule has 2 saturated carbocycles. The number of hydrogen-bond donors (Lipinski definition) is 2. The number of hydrogen-bond acceptors (Lipinski definition) is 4. The number of nitrogens with zero attached hydrogens (tertiary/aromatic N) is 1. The fraction of sp³-hybridized carbons (Fsp3) is 0.588. The van der Waals surface area contributed by atoms with Gasteiger partial charge in [-0.3, -0.25) is 14.9 Å². The van der Waals surface area contributed by atoms with Gasteiger partial charge in [-0.25, -0.2) is 0 Å². The number of halogens is 1. The van der Waals surface area contributed by atoms with E-state index in [1.807, 2.05) is 0 Å². The van der Waals surface area contributed by atoms with E-state index in [9.17, 15) is 14.9 Å². The van der Waals surface area contributed by atoms with Gasteiger partial charge in [0.15, 0.2) is 0 Å². The number of carbonyl (C=O) groups excluding carboxylic acids is 1. The molecule has 132 valence electrons. The molecule has 2 aliphatic rings. The highest BCUT2D eigenvalue weighted by atomic mass is 35.5. The summed E-state index contributed by atoms with van der Waals surface area (Å²) in [5.74, 6) is 0.647. The first-order chi connectivity index (χ1) is 11.0. The van der Waals surface area contributed by atoms with Gasteiger partial charge in [-0.1, -0.05) is 12.5 Å². The normalized spacial score (nSPS) is 28.6. The number of benzene rings is 1. The van der Waals surface area contributed by atoms with E-state index in [1.54, 1.807) is 19.1 Å². The summed E-state index contributed by atoms with van der Waals surface area (Å²) >= 11 is 0. The van der Waals surface area contributed by atoms with Crippen LogP contribution in [-0.2, 0) is 0 Å². The van der Waals surface area contributed by atoms with Crippen LogP contribution in [-0.4, -0.2) is 22.9 Å². The third-order valence-corrected chi connectivity index (χ3v) is 5.34. The number of nitro groups is 1. The van der Waals surface area contributed by atoms with Crippen LogP contribution in [0.4, 0.5) is 5.69 Å². The molecule has 24 heavy (non-hydrogen) atoms. The van der Waals surface area contributed by atoms with E-state index in [0.29, 0.717) is 23.0 Å². The summed E-state index contributed by atoms with van der Waals surface area (Å²) in [4.78, 5) is 23.1. The molecule has 1 aromatic rings. The van der Waals surface area contributed by atoms with Crippen molar-refractivity contribution in [1.29, 1.82) is 0 Å². The maximum absolute atomic E-state index is 12.5. The van der Waals surface area contributed by atoms with Crippen LogP contribution in [0.15, 0.2) is 18.2 Å². The van der Waals surface area contributed by atoms with Crippen molar-refractivity contribution in [2.45, 2.75) is 51.1 Å². The van der Waals surface area contributed by atoms with E-state index in [2.05, 4.69) is 5.32 Å². The van der Waals surface area contributed by atoms with Crippen LogP contribution < -0.4 is 11.1 Å². The molecule has 2 aliphatic carbocycles. The van der Waals surface area contributed by atoms with E-state index < -0.39 is 4.92 Å². The van der Waals surface area contributed by atoms with E-state index >= 15 is 0 Å². The lowest BCUT2D eigenvalue weighted by molar-refractivity contribution is -0.385. The number of fused-ring (bicyclic) bond motifs is 2. The van der Waals surface area contributed by atoms with Crippen molar-refractivity contribution in [1.82, 2.24) is 5.32 Å². The molecule has 0 spiro atoms. The average molecular weight is 354 g/mol. The van der Waals surface area contributed by atoms with E-state index in [0.717, 1.165) is 25.7 Å². The third-order valence-electron chi connectivity index (χ3n) is 5.34. The predicted octanol–water partition coefficient (Wildman–Crippen LogP) is 2.96. The van der Waals surface area contributed by atoms with Gasteiger partial charge in [0, 0.05) is 29.3 Å². The Morgan fingerprint density at radius 2 is 1.92 bits per heavy atom. The Kier molecular flexibility index (Phi) is 5.83. The molecule has 2 fully saturated rings. The van der Waals surface area contributed by atoms with Crippen molar-refractivity contribution in [3.8, 4) is 0 Å². The molecule has 6 nitrogen and oxygen atoms in total. The SMILES string of the molecule is Cc1ccc(C(=O)NC2C3CCCC2CC(N)C3)cc1[N+](=O)[O-].Cl. The van der Waals surface area contributed by atoms with Crippen molar-refractivity contribution >= 4 is 24.0 Å². The zero-order valence-corrected chi connectivity index (χ0v) is 14.6. The zero-order chi connectivity index (χ0) is 16.6. The van der Waals surface area contributed by atoms with Gasteiger partial charge in [-0.15, -0.1) is 12.4 Å². The first-order valence-corrected chi connectivity index (χ1v) is 8.27. The lowest BCUT2D eigenvalue weighted by atomic mass is 9.67. The van der Waals surface area contributed by atoms with Crippen molar-refractivity contribution in [3.05, 3.63) is 39.4 Å². The third kappa shape index (κ3) is 3.70. The van der Waals surface area contributed by atoms with Crippen molar-refractivity contribution in [3.63, 3.8) is 0 Å². The number of nitro benzene ring substituents is 1. The second-order valence-corrected chi connectivity index (χ2v) is 6.94. The number of aryl methyl sites for hydroxylation is 1. The molecule has 3 rings (SSSR count). The largest absolute Gasteiger partial charge is 0.349 e. The Morgan fingerprint density at radius 1 is 1.29 bits per heavy atom. The van der Waals surface area contributed by atoms with Crippen LogP contribution in [0.1, 0.15) is 48.0 Å². The predicted molar refractivity (Wildman–Crippen MR) is 94.4 cm³/mol. The van der Waals surface area contributed by atoms with Gasteiger partial charge in [0.2, 0.25) is 0 Å². The van der Waals surface area contributed by atoms with E-state index in [-0.39, 0.29) is 36.1 Å². The van der Waals surface area contributed by atoms with Gasteiger partial charge in [-0.2, -0.15) is 0 Å². The summed E-state index contributed by atoms with van der Waals surface area (Å²) in [6, 6.07) is 5.04. The van der Waals surface area contributed by atoms with Crippen molar-refractivity contribution in [2.75, 3.05) is 0 Å². The maximum Gasteiger partial charge on any atom is 0.273 e. The molecule has 0 aliphatic heterocycles. The molecule has 0 radical (unpaired) electrons. The first kappa shape index (κ1) is 18.7. The highest BCUT2D eigenvalue weighted by Crippen LogP contribution is 2.39. The Balaban J connectivity index is 0.00000208. The molecule has 2 unspecified atom stereocenters. The lowest BCUT2D eigenvalue weighted by Crippen LogP contribution is -2.53. The summed E-state index contributed by atoms with van der Waals surface area (Å²) < 4.78 is 0. The summed E-state index contributed by atoms with van der Waals surface area (Å²) in [7, 11) is 0. The summed E-state index contributed by atoms with van der Waals surface area (Å²) in [6.45, 7) is 1.67. The number of nitrogens with two attached hydrogens (primary N) is 1. The standard InChI is InChI=1S/C17H23N3O3.ClH/c1-10-5-6-13(9-15(10)20(22)23)17(21)19-16-11-3-2-4-12(16)8-14(18)7-11;/h5-6,9,11-12,14,16H,2-4,7-8,18H2,1H3,(H,19,21);1H. The van der Waals surface area contributed by atoms with Crippen LogP contribution in [0.25, 0.3) is 0 Å². The Morgan fingerprint density at radius 3 is 2.50 bits per heavy atom. The minimum absolute atomic E-state index is 0. The molecule has 0 heterocycles. The monoisotopic (exact) mass is 353 g/mol. The fourth-order valence-electron chi connectivity index (χ4n) is 4.21. The van der Waals surface area contributed by atoms with E-state index in [4.69, 9.17) is 5.73 Å². The molecule has 3 N–H and O–H groups in total. The minimum Gasteiger partial charge on any atom is -0.349 e. The molecule has 2 atom stereocenters. The number of nitrogens with one attached hydrogen (secondary N) is 1. The van der Waals surface area contributed by atoms with Gasteiger partial charge in [0.05, 0.1) is 4.92 Å². The lowest BCUT2D eigenvalue weighted by Gasteiger charge is -2.45. The molecule has 7 heteroatoms. The van der Waals surface area contributed by atoms with Crippen LogP contribution >= 0.6 is 12.4 Å². The van der Waals surface area contributed by atoms with Crippen molar-refractivity contribution < 1.29 is 9.72 Å². The first-order valence-electron chi connectivity index (χ1n) is 8.27. The molecule has 1 aromatic carbocycles. The van der Waals surface area contributed by atoms with Gasteiger partial charge in [0.25, 0.3) is 11.6 Å². The Bertz CT molecular complexity index is 624. The smallest absolute Gasteiger partial charge is 0.273 e. The molecule has 0 aromatic heterocycles. The van der Waals surface area contributed by atoms with E-state index in [1.165, 1.54) is 12.5 Å². The topological polar surface area (TPSA) is 98.3 Å². The van der Waals surface area contributed by atoms with Crippen LogP contribution in [0.2, 0.25) is 0 Å². The number of carbonyl (C=O) groups is 1. The van der Waals surface area contributed by atoms with Gasteiger partial charge in [0.1, 0.15) is 0 Å².